The molecule has 1 aromatic heterocycles. The number of carbonyl (C=O) groups excluding carboxylic acids is 1. The van der Waals surface area contributed by atoms with Gasteiger partial charge in [0.15, 0.2) is 5.43 Å². The van der Waals surface area contributed by atoms with E-state index >= 15 is 0 Å². The number of fused-ring (bicyclic) bond motifs is 2. The molecule has 1 atom stereocenters. The van der Waals surface area contributed by atoms with Crippen molar-refractivity contribution in [2.75, 3.05) is 39.4 Å². The van der Waals surface area contributed by atoms with Gasteiger partial charge in [0, 0.05) is 18.0 Å². The van der Waals surface area contributed by atoms with Gasteiger partial charge in [0.1, 0.15) is 18.7 Å². The van der Waals surface area contributed by atoms with Crippen LogP contribution in [0.2, 0.25) is 5.02 Å². The molecule has 0 radical (unpaired) electrons. The maximum absolute atomic E-state index is 13.4. The molecule has 1 saturated heterocycles. The van der Waals surface area contributed by atoms with Gasteiger partial charge in [-0.25, -0.2) is 0 Å². The Morgan fingerprint density at radius 2 is 1.77 bits per heavy atom. The first-order valence-corrected chi connectivity index (χ1v) is 11.0. The highest BCUT2D eigenvalue weighted by Gasteiger charge is 2.42. The third-order valence-electron chi connectivity index (χ3n) is 6.19. The second-order valence-corrected chi connectivity index (χ2v) is 8.53. The average molecular weight is 440 g/mol. The lowest BCUT2D eigenvalue weighted by atomic mass is 9.98. The Morgan fingerprint density at radius 1 is 1.03 bits per heavy atom. The summed E-state index contributed by atoms with van der Waals surface area (Å²) < 4.78 is 11.4. The molecule has 1 N–H and O–H groups in total. The van der Waals surface area contributed by atoms with Gasteiger partial charge >= 0.3 is 0 Å². The quantitative estimate of drug-likeness (QED) is 0.662. The summed E-state index contributed by atoms with van der Waals surface area (Å²) in [4.78, 5) is 30.0. The zero-order valence-corrected chi connectivity index (χ0v) is 17.9. The molecule has 2 aliphatic rings. The van der Waals surface area contributed by atoms with E-state index in [2.05, 4.69) is 0 Å². The maximum Gasteiger partial charge on any atom is 0.290 e. The molecular weight excluding hydrogens is 416 g/mol. The highest BCUT2D eigenvalue weighted by atomic mass is 35.5. The van der Waals surface area contributed by atoms with Crippen LogP contribution in [0.5, 0.6) is 0 Å². The number of nitrogens with zero attached hydrogens (tertiary/aromatic N) is 1. The van der Waals surface area contributed by atoms with E-state index in [0.717, 1.165) is 44.8 Å². The van der Waals surface area contributed by atoms with Crippen LogP contribution in [0.4, 0.5) is 0 Å². The number of para-hydroxylation sites is 1. The average Bonchev–Trinajstić information content (AvgIpc) is 3.07. The van der Waals surface area contributed by atoms with Crippen LogP contribution in [-0.4, -0.2) is 50.2 Å². The van der Waals surface area contributed by atoms with Crippen LogP contribution in [0.3, 0.4) is 0 Å². The van der Waals surface area contributed by atoms with Gasteiger partial charge in [0.05, 0.1) is 36.8 Å². The number of nitrogens with one attached hydrogen (secondary N) is 1. The van der Waals surface area contributed by atoms with Crippen molar-refractivity contribution < 1.29 is 18.8 Å². The molecule has 160 valence electrons. The SMILES string of the molecule is O=C1c2oc3ccccc3c(=O)c2[C@@H](c2ccc(Cl)cc2)N1CCC[NH+]1CCOCC1. The van der Waals surface area contributed by atoms with Gasteiger partial charge in [-0.3, -0.25) is 9.59 Å². The van der Waals surface area contributed by atoms with Crippen molar-refractivity contribution in [2.45, 2.75) is 12.5 Å². The lowest BCUT2D eigenvalue weighted by Gasteiger charge is -2.27. The third-order valence-corrected chi connectivity index (χ3v) is 6.44. The zero-order chi connectivity index (χ0) is 21.4. The smallest absolute Gasteiger partial charge is 0.290 e. The maximum atomic E-state index is 13.4. The molecule has 1 amide bonds. The number of ether oxygens (including phenoxy) is 1. The zero-order valence-electron chi connectivity index (χ0n) is 17.1. The number of morpholine rings is 1. The van der Waals surface area contributed by atoms with Crippen molar-refractivity contribution in [3.63, 3.8) is 0 Å². The summed E-state index contributed by atoms with van der Waals surface area (Å²) >= 11 is 6.09. The Kier molecular flexibility index (Phi) is 5.52. The van der Waals surface area contributed by atoms with Crippen molar-refractivity contribution >= 4 is 28.5 Å². The van der Waals surface area contributed by atoms with Crippen LogP contribution in [0.15, 0.2) is 57.7 Å². The number of halogens is 1. The van der Waals surface area contributed by atoms with Gasteiger partial charge in [-0.2, -0.15) is 0 Å². The van der Waals surface area contributed by atoms with Crippen molar-refractivity contribution in [2.24, 2.45) is 0 Å². The van der Waals surface area contributed by atoms with Crippen molar-refractivity contribution in [1.82, 2.24) is 4.90 Å². The highest BCUT2D eigenvalue weighted by molar-refractivity contribution is 6.30. The van der Waals surface area contributed by atoms with Crippen LogP contribution in [0, 0.1) is 0 Å². The molecule has 2 aromatic carbocycles. The van der Waals surface area contributed by atoms with E-state index in [9.17, 15) is 9.59 Å². The number of rotatable bonds is 5. The summed E-state index contributed by atoms with van der Waals surface area (Å²) in [6.07, 6.45) is 0.840. The minimum Gasteiger partial charge on any atom is -0.450 e. The Bertz CT molecular complexity index is 1170. The predicted molar refractivity (Wildman–Crippen MR) is 118 cm³/mol. The molecule has 0 spiro atoms. The van der Waals surface area contributed by atoms with Crippen LogP contribution < -0.4 is 10.3 Å². The highest BCUT2D eigenvalue weighted by Crippen LogP contribution is 2.38. The molecule has 5 rings (SSSR count). The second-order valence-electron chi connectivity index (χ2n) is 8.09. The largest absolute Gasteiger partial charge is 0.450 e. The van der Waals surface area contributed by atoms with E-state index in [1.54, 1.807) is 35.2 Å². The molecular formula is C24H24ClN2O4+. The van der Waals surface area contributed by atoms with Crippen molar-refractivity contribution in [3.05, 3.63) is 80.7 Å². The first-order chi connectivity index (χ1) is 15.1. The second kappa shape index (κ2) is 8.46. The summed E-state index contributed by atoms with van der Waals surface area (Å²) in [5, 5.41) is 1.11. The van der Waals surface area contributed by atoms with Crippen molar-refractivity contribution in [1.29, 1.82) is 0 Å². The standard InChI is InChI=1S/C24H23ClN2O4/c25-17-8-6-16(7-9-17)21-20-22(28)18-4-1-2-5-19(18)31-23(20)24(29)27(21)11-3-10-26-12-14-30-15-13-26/h1-2,4-9,21H,3,10-15H2/p+1/t21-/m1/s1. The summed E-state index contributed by atoms with van der Waals surface area (Å²) in [6.45, 7) is 5.04. The lowest BCUT2D eigenvalue weighted by molar-refractivity contribution is -0.908. The summed E-state index contributed by atoms with van der Waals surface area (Å²) in [5.41, 5.74) is 1.57. The van der Waals surface area contributed by atoms with Crippen LogP contribution in [-0.2, 0) is 4.74 Å². The topological polar surface area (TPSA) is 64.2 Å². The Balaban J connectivity index is 1.52. The van der Waals surface area contributed by atoms with Crippen molar-refractivity contribution in [3.8, 4) is 0 Å². The first kappa shape index (κ1) is 20.2. The molecule has 3 heterocycles. The summed E-state index contributed by atoms with van der Waals surface area (Å²) in [6, 6.07) is 13.9. The molecule has 3 aromatic rings. The van der Waals surface area contributed by atoms with E-state index in [-0.39, 0.29) is 17.1 Å². The van der Waals surface area contributed by atoms with Crippen LogP contribution >= 0.6 is 11.6 Å². The molecule has 7 heteroatoms. The first-order valence-electron chi connectivity index (χ1n) is 10.7. The van der Waals surface area contributed by atoms with Gasteiger partial charge in [0.2, 0.25) is 5.76 Å². The van der Waals surface area contributed by atoms with Gasteiger partial charge in [-0.15, -0.1) is 0 Å². The predicted octanol–water partition coefficient (Wildman–Crippen LogP) is 2.30. The number of amides is 1. The Labute approximate surface area is 185 Å². The minimum atomic E-state index is -0.472. The molecule has 0 bridgehead atoms. The van der Waals surface area contributed by atoms with Crippen LogP contribution in [0.25, 0.3) is 11.0 Å². The third kappa shape index (κ3) is 3.76. The van der Waals surface area contributed by atoms with E-state index < -0.39 is 6.04 Å². The van der Waals surface area contributed by atoms with Gasteiger partial charge in [0.25, 0.3) is 5.91 Å². The fraction of sp³-hybridized carbons (Fsp3) is 0.333. The molecule has 0 unspecified atom stereocenters. The van der Waals surface area contributed by atoms with Crippen LogP contribution in [0.1, 0.15) is 34.1 Å². The monoisotopic (exact) mass is 439 g/mol. The molecule has 0 aliphatic carbocycles. The molecule has 1 fully saturated rings. The normalized spacial score (nSPS) is 19.2. The van der Waals surface area contributed by atoms with Gasteiger partial charge in [-0.05, 0) is 29.8 Å². The fourth-order valence-corrected chi connectivity index (χ4v) is 4.72. The van der Waals surface area contributed by atoms with E-state index in [0.29, 0.717) is 28.1 Å². The number of quaternary nitrogens is 1. The number of hydrogen-bond acceptors (Lipinski definition) is 4. The number of benzene rings is 2. The Morgan fingerprint density at radius 3 is 2.55 bits per heavy atom. The van der Waals surface area contributed by atoms with Gasteiger partial charge in [-0.1, -0.05) is 35.9 Å². The number of carbonyl (C=O) groups is 1. The summed E-state index contributed by atoms with van der Waals surface area (Å²) in [5.74, 6) is -0.0721. The Hall–Kier alpha value is -2.67. The van der Waals surface area contributed by atoms with E-state index in [1.807, 2.05) is 18.2 Å². The molecule has 31 heavy (non-hydrogen) atoms. The summed E-state index contributed by atoms with van der Waals surface area (Å²) in [7, 11) is 0. The minimum absolute atomic E-state index is 0.147. The molecule has 2 aliphatic heterocycles. The lowest BCUT2D eigenvalue weighted by Crippen LogP contribution is -3.14. The van der Waals surface area contributed by atoms with E-state index in [1.165, 1.54) is 4.90 Å². The van der Waals surface area contributed by atoms with E-state index in [4.69, 9.17) is 20.8 Å². The number of hydrogen-bond donors (Lipinski definition) is 1. The van der Waals surface area contributed by atoms with Gasteiger partial charge < -0.3 is 19.0 Å². The molecule has 0 saturated carbocycles. The molecule has 6 nitrogen and oxygen atoms in total. The fourth-order valence-electron chi connectivity index (χ4n) is 4.60.